The highest BCUT2D eigenvalue weighted by Crippen LogP contribution is 2.31. The van der Waals surface area contributed by atoms with E-state index in [2.05, 4.69) is 41.3 Å². The lowest BCUT2D eigenvalue weighted by molar-refractivity contribution is 0.0636. The number of anilines is 2. The van der Waals surface area contributed by atoms with Gasteiger partial charge in [-0.25, -0.2) is 9.97 Å². The van der Waals surface area contributed by atoms with Crippen molar-refractivity contribution in [3.63, 3.8) is 0 Å². The van der Waals surface area contributed by atoms with Gasteiger partial charge in [0.25, 0.3) is 5.91 Å². The van der Waals surface area contributed by atoms with Gasteiger partial charge in [0.05, 0.1) is 11.3 Å². The molecule has 1 fully saturated rings. The second kappa shape index (κ2) is 7.58. The van der Waals surface area contributed by atoms with E-state index in [0.717, 1.165) is 41.8 Å². The van der Waals surface area contributed by atoms with Crippen LogP contribution in [0.3, 0.4) is 0 Å². The van der Waals surface area contributed by atoms with Crippen molar-refractivity contribution in [1.82, 2.24) is 14.9 Å². The van der Waals surface area contributed by atoms with Crippen LogP contribution in [0.25, 0.3) is 11.0 Å². The Morgan fingerprint density at radius 2 is 1.89 bits per heavy atom. The standard InChI is InChI=1S/C23H26N4O/c1-15-7-10-18(11-8-15)26-21-19-12-9-16(2)25-22(19)24-14-20(21)23(28)27-13-5-4-6-17(27)3/h7-12,14,17H,4-6,13H2,1-3H3,(H,24,25,26). The maximum absolute atomic E-state index is 13.4. The van der Waals surface area contributed by atoms with Gasteiger partial charge in [0, 0.05) is 35.6 Å². The molecule has 144 valence electrons. The fraction of sp³-hybridized carbons (Fsp3) is 0.348. The number of piperidine rings is 1. The first kappa shape index (κ1) is 18.4. The lowest BCUT2D eigenvalue weighted by Gasteiger charge is -2.34. The SMILES string of the molecule is Cc1ccc(Nc2c(C(=O)N3CCCCC3C)cnc3nc(C)ccc23)cc1. The Bertz CT molecular complexity index is 1010. The highest BCUT2D eigenvalue weighted by atomic mass is 16.2. The molecule has 0 saturated carbocycles. The molecule has 1 aromatic carbocycles. The van der Waals surface area contributed by atoms with Gasteiger partial charge in [0.1, 0.15) is 0 Å². The van der Waals surface area contributed by atoms with Gasteiger partial charge in [0.15, 0.2) is 5.65 Å². The van der Waals surface area contributed by atoms with E-state index < -0.39 is 0 Å². The Hall–Kier alpha value is -2.95. The van der Waals surface area contributed by atoms with Gasteiger partial charge in [-0.2, -0.15) is 0 Å². The van der Waals surface area contributed by atoms with Crippen LogP contribution in [-0.2, 0) is 0 Å². The summed E-state index contributed by atoms with van der Waals surface area (Å²) in [5.41, 5.74) is 5.08. The Morgan fingerprint density at radius 1 is 1.11 bits per heavy atom. The molecule has 1 aliphatic heterocycles. The summed E-state index contributed by atoms with van der Waals surface area (Å²) in [5.74, 6) is 0.0387. The smallest absolute Gasteiger partial charge is 0.257 e. The Morgan fingerprint density at radius 3 is 2.64 bits per heavy atom. The number of fused-ring (bicyclic) bond motifs is 1. The lowest BCUT2D eigenvalue weighted by Crippen LogP contribution is -2.42. The third kappa shape index (κ3) is 3.57. The molecule has 1 amide bonds. The van der Waals surface area contributed by atoms with Crippen molar-refractivity contribution in [3.05, 3.63) is 59.4 Å². The van der Waals surface area contributed by atoms with Crippen LogP contribution >= 0.6 is 0 Å². The van der Waals surface area contributed by atoms with E-state index in [-0.39, 0.29) is 11.9 Å². The molecule has 0 radical (unpaired) electrons. The van der Waals surface area contributed by atoms with Crippen LogP contribution in [0.2, 0.25) is 0 Å². The van der Waals surface area contributed by atoms with E-state index in [4.69, 9.17) is 0 Å². The monoisotopic (exact) mass is 374 g/mol. The lowest BCUT2D eigenvalue weighted by atomic mass is 10.0. The number of aryl methyl sites for hydroxylation is 2. The van der Waals surface area contributed by atoms with Gasteiger partial charge in [-0.05, 0) is 64.3 Å². The number of aromatic nitrogens is 2. The number of likely N-dealkylation sites (tertiary alicyclic amines) is 1. The second-order valence-corrected chi connectivity index (χ2v) is 7.71. The predicted octanol–water partition coefficient (Wildman–Crippen LogP) is 5.00. The third-order valence-electron chi connectivity index (χ3n) is 5.48. The Kier molecular flexibility index (Phi) is 4.99. The van der Waals surface area contributed by atoms with E-state index in [0.29, 0.717) is 11.2 Å². The molecule has 3 heterocycles. The predicted molar refractivity (Wildman–Crippen MR) is 113 cm³/mol. The zero-order valence-corrected chi connectivity index (χ0v) is 16.7. The highest BCUT2D eigenvalue weighted by molar-refractivity contribution is 6.07. The summed E-state index contributed by atoms with van der Waals surface area (Å²) >= 11 is 0. The first-order valence-corrected chi connectivity index (χ1v) is 9.94. The molecule has 5 nitrogen and oxygen atoms in total. The molecule has 3 aromatic rings. The van der Waals surface area contributed by atoms with Crippen molar-refractivity contribution < 1.29 is 4.79 Å². The molecule has 1 aliphatic rings. The first-order valence-electron chi connectivity index (χ1n) is 9.94. The summed E-state index contributed by atoms with van der Waals surface area (Å²) in [6.45, 7) is 6.94. The minimum absolute atomic E-state index is 0.0387. The summed E-state index contributed by atoms with van der Waals surface area (Å²) in [6.07, 6.45) is 4.96. The minimum Gasteiger partial charge on any atom is -0.354 e. The van der Waals surface area contributed by atoms with Crippen LogP contribution in [-0.4, -0.2) is 33.4 Å². The highest BCUT2D eigenvalue weighted by Gasteiger charge is 2.27. The molecule has 0 bridgehead atoms. The summed E-state index contributed by atoms with van der Waals surface area (Å²) in [5, 5.41) is 4.33. The summed E-state index contributed by atoms with van der Waals surface area (Å²) in [7, 11) is 0. The fourth-order valence-electron chi connectivity index (χ4n) is 3.80. The Labute approximate surface area is 165 Å². The molecule has 1 N–H and O–H groups in total. The van der Waals surface area contributed by atoms with Crippen LogP contribution in [0.15, 0.2) is 42.6 Å². The molecule has 28 heavy (non-hydrogen) atoms. The zero-order valence-electron chi connectivity index (χ0n) is 16.7. The molecule has 2 aromatic heterocycles. The topological polar surface area (TPSA) is 58.1 Å². The van der Waals surface area contributed by atoms with Crippen molar-refractivity contribution in [3.8, 4) is 0 Å². The van der Waals surface area contributed by atoms with Crippen LogP contribution in [0.4, 0.5) is 11.4 Å². The minimum atomic E-state index is 0.0387. The molecular formula is C23H26N4O. The van der Waals surface area contributed by atoms with Gasteiger partial charge in [-0.15, -0.1) is 0 Å². The van der Waals surface area contributed by atoms with Gasteiger partial charge in [-0.3, -0.25) is 4.79 Å². The van der Waals surface area contributed by atoms with E-state index in [1.807, 2.05) is 36.1 Å². The zero-order chi connectivity index (χ0) is 19.7. The van der Waals surface area contributed by atoms with Gasteiger partial charge < -0.3 is 10.2 Å². The maximum atomic E-state index is 13.4. The van der Waals surface area contributed by atoms with Crippen molar-refractivity contribution in [2.45, 2.75) is 46.1 Å². The summed E-state index contributed by atoms with van der Waals surface area (Å²) < 4.78 is 0. The Balaban J connectivity index is 1.81. The normalized spacial score (nSPS) is 17.0. The average Bonchev–Trinajstić information content (AvgIpc) is 2.69. The molecule has 5 heteroatoms. The van der Waals surface area contributed by atoms with Crippen LogP contribution in [0.1, 0.15) is 47.8 Å². The summed E-state index contributed by atoms with van der Waals surface area (Å²) in [6, 6.07) is 12.4. The number of rotatable bonds is 3. The number of nitrogens with one attached hydrogen (secondary N) is 1. The largest absolute Gasteiger partial charge is 0.354 e. The number of carbonyl (C=O) groups excluding carboxylic acids is 1. The number of amides is 1. The molecular weight excluding hydrogens is 348 g/mol. The van der Waals surface area contributed by atoms with Crippen molar-refractivity contribution in [1.29, 1.82) is 0 Å². The number of carbonyl (C=O) groups is 1. The van der Waals surface area contributed by atoms with E-state index >= 15 is 0 Å². The average molecular weight is 374 g/mol. The van der Waals surface area contributed by atoms with Crippen molar-refractivity contribution in [2.75, 3.05) is 11.9 Å². The molecule has 4 rings (SSSR count). The van der Waals surface area contributed by atoms with E-state index in [1.54, 1.807) is 6.20 Å². The van der Waals surface area contributed by atoms with Gasteiger partial charge in [-0.1, -0.05) is 17.7 Å². The summed E-state index contributed by atoms with van der Waals surface area (Å²) in [4.78, 5) is 24.4. The fourth-order valence-corrected chi connectivity index (χ4v) is 3.80. The quantitative estimate of drug-likeness (QED) is 0.700. The third-order valence-corrected chi connectivity index (χ3v) is 5.48. The number of hydrogen-bond donors (Lipinski definition) is 1. The number of nitrogens with zero attached hydrogens (tertiary/aromatic N) is 3. The number of benzene rings is 1. The first-order chi connectivity index (χ1) is 13.5. The van der Waals surface area contributed by atoms with Gasteiger partial charge in [0.2, 0.25) is 0 Å². The molecule has 0 aliphatic carbocycles. The molecule has 1 atom stereocenters. The van der Waals surface area contributed by atoms with Gasteiger partial charge >= 0.3 is 0 Å². The number of hydrogen-bond acceptors (Lipinski definition) is 4. The van der Waals surface area contributed by atoms with Crippen LogP contribution in [0.5, 0.6) is 0 Å². The van der Waals surface area contributed by atoms with Crippen LogP contribution < -0.4 is 5.32 Å². The number of pyridine rings is 2. The maximum Gasteiger partial charge on any atom is 0.257 e. The molecule has 1 saturated heterocycles. The second-order valence-electron chi connectivity index (χ2n) is 7.71. The van der Waals surface area contributed by atoms with Crippen molar-refractivity contribution >= 4 is 28.3 Å². The van der Waals surface area contributed by atoms with E-state index in [9.17, 15) is 4.79 Å². The van der Waals surface area contributed by atoms with E-state index in [1.165, 1.54) is 12.0 Å². The molecule has 1 unspecified atom stereocenters. The van der Waals surface area contributed by atoms with Crippen molar-refractivity contribution in [2.24, 2.45) is 0 Å². The van der Waals surface area contributed by atoms with Crippen LogP contribution in [0, 0.1) is 13.8 Å². The molecule has 0 spiro atoms.